The van der Waals surface area contributed by atoms with Gasteiger partial charge in [-0.3, -0.25) is 0 Å². The Morgan fingerprint density at radius 2 is 2.00 bits per heavy atom. The van der Waals surface area contributed by atoms with Crippen molar-refractivity contribution in [3.8, 4) is 0 Å². The first-order valence-corrected chi connectivity index (χ1v) is 7.38. The Kier molecular flexibility index (Phi) is 5.20. The predicted octanol–water partition coefficient (Wildman–Crippen LogP) is 2.55. The summed E-state index contributed by atoms with van der Waals surface area (Å²) in [7, 11) is 0. The molecule has 2 amide bonds. The van der Waals surface area contributed by atoms with Gasteiger partial charge in [-0.1, -0.05) is 43.7 Å². The number of carbonyl (C=O) groups excluding carboxylic acids is 1. The maximum absolute atomic E-state index is 11.9. The van der Waals surface area contributed by atoms with Gasteiger partial charge >= 0.3 is 12.0 Å². The van der Waals surface area contributed by atoms with E-state index in [0.29, 0.717) is 18.0 Å². The zero-order chi connectivity index (χ0) is 15.2. The molecule has 114 valence electrons. The molecule has 2 rings (SSSR count). The molecule has 1 fully saturated rings. The molecular weight excluding hydrogens is 268 g/mol. The lowest BCUT2D eigenvalue weighted by molar-refractivity contribution is -0.139. The number of aliphatic carboxylic acids is 1. The van der Waals surface area contributed by atoms with E-state index in [4.69, 9.17) is 0 Å². The molecule has 21 heavy (non-hydrogen) atoms. The highest BCUT2D eigenvalue weighted by Gasteiger charge is 2.24. The number of benzene rings is 1. The first-order chi connectivity index (χ1) is 10.1. The van der Waals surface area contributed by atoms with E-state index in [1.54, 1.807) is 24.3 Å². The maximum Gasteiger partial charge on any atom is 0.330 e. The molecule has 0 radical (unpaired) electrons. The number of urea groups is 1. The van der Waals surface area contributed by atoms with E-state index in [9.17, 15) is 14.7 Å². The normalized spacial score (nSPS) is 22.5. The zero-order valence-electron chi connectivity index (χ0n) is 12.2. The molecule has 0 spiro atoms. The molecule has 1 aliphatic rings. The van der Waals surface area contributed by atoms with Gasteiger partial charge in [0, 0.05) is 6.54 Å². The third kappa shape index (κ3) is 4.48. The van der Waals surface area contributed by atoms with E-state index >= 15 is 0 Å². The van der Waals surface area contributed by atoms with Crippen LogP contribution >= 0.6 is 0 Å². The molecule has 3 unspecified atom stereocenters. The van der Waals surface area contributed by atoms with Crippen LogP contribution in [-0.4, -0.2) is 23.7 Å². The number of amides is 2. The number of hydrogen-bond acceptors (Lipinski definition) is 2. The monoisotopic (exact) mass is 290 g/mol. The van der Waals surface area contributed by atoms with E-state index in [1.165, 1.54) is 6.42 Å². The van der Waals surface area contributed by atoms with Crippen molar-refractivity contribution in [2.24, 2.45) is 11.8 Å². The lowest BCUT2D eigenvalue weighted by Crippen LogP contribution is -2.42. The lowest BCUT2D eigenvalue weighted by atomic mass is 10.1. The second-order valence-corrected chi connectivity index (χ2v) is 5.82. The van der Waals surface area contributed by atoms with E-state index < -0.39 is 18.0 Å². The fourth-order valence-electron chi connectivity index (χ4n) is 2.86. The van der Waals surface area contributed by atoms with E-state index in [2.05, 4.69) is 17.6 Å². The van der Waals surface area contributed by atoms with E-state index in [1.807, 2.05) is 6.07 Å². The molecule has 1 aliphatic carbocycles. The second-order valence-electron chi connectivity index (χ2n) is 5.82. The average molecular weight is 290 g/mol. The van der Waals surface area contributed by atoms with E-state index in [-0.39, 0.29) is 0 Å². The minimum absolute atomic E-state index is 0.425. The van der Waals surface area contributed by atoms with Gasteiger partial charge in [0.15, 0.2) is 6.04 Å². The first-order valence-electron chi connectivity index (χ1n) is 7.38. The molecule has 5 nitrogen and oxygen atoms in total. The number of carboxylic acid groups (broad SMARTS) is 1. The minimum atomic E-state index is -1.06. The summed E-state index contributed by atoms with van der Waals surface area (Å²) in [5.41, 5.74) is 0.564. The summed E-state index contributed by atoms with van der Waals surface area (Å²) in [6, 6.07) is 7.26. The Balaban J connectivity index is 1.86. The highest BCUT2D eigenvalue weighted by atomic mass is 16.4. The van der Waals surface area contributed by atoms with Crippen LogP contribution in [0.5, 0.6) is 0 Å². The molecule has 1 saturated carbocycles. The van der Waals surface area contributed by atoms with Gasteiger partial charge in [-0.15, -0.1) is 0 Å². The average Bonchev–Trinajstić information content (AvgIpc) is 2.89. The Hall–Kier alpha value is -2.04. The number of carboxylic acids is 1. The topological polar surface area (TPSA) is 78.4 Å². The number of hydrogen-bond donors (Lipinski definition) is 3. The Morgan fingerprint density at radius 1 is 1.29 bits per heavy atom. The van der Waals surface area contributed by atoms with Crippen molar-refractivity contribution in [1.29, 1.82) is 0 Å². The predicted molar refractivity (Wildman–Crippen MR) is 79.9 cm³/mol. The van der Waals surface area contributed by atoms with Crippen LogP contribution in [0.15, 0.2) is 30.3 Å². The zero-order valence-corrected chi connectivity index (χ0v) is 12.2. The fraction of sp³-hybridized carbons (Fsp3) is 0.500. The number of rotatable bonds is 5. The third-order valence-corrected chi connectivity index (χ3v) is 4.01. The number of carbonyl (C=O) groups is 2. The van der Waals surface area contributed by atoms with Gasteiger partial charge in [0.1, 0.15) is 0 Å². The summed E-state index contributed by atoms with van der Waals surface area (Å²) in [5.74, 6) is 0.160. The smallest absolute Gasteiger partial charge is 0.330 e. The van der Waals surface area contributed by atoms with Crippen LogP contribution in [-0.2, 0) is 4.79 Å². The summed E-state index contributed by atoms with van der Waals surface area (Å²) in [4.78, 5) is 23.2. The van der Waals surface area contributed by atoms with Crippen molar-refractivity contribution < 1.29 is 14.7 Å². The first kappa shape index (κ1) is 15.4. The van der Waals surface area contributed by atoms with Gasteiger partial charge in [-0.05, 0) is 30.2 Å². The molecule has 1 aromatic rings. The standard InChI is InChI=1S/C16H22N2O3/c1-11-7-8-12(9-11)10-17-16(21)18-14(15(19)20)13-5-3-2-4-6-13/h2-6,11-12,14H,7-10H2,1H3,(H,19,20)(H2,17,18,21). The van der Waals surface area contributed by atoms with Crippen molar-refractivity contribution in [2.45, 2.75) is 32.2 Å². The minimum Gasteiger partial charge on any atom is -0.479 e. The van der Waals surface area contributed by atoms with Crippen molar-refractivity contribution in [1.82, 2.24) is 10.6 Å². The van der Waals surface area contributed by atoms with Crippen LogP contribution in [0.2, 0.25) is 0 Å². The van der Waals surface area contributed by atoms with Crippen LogP contribution in [0.1, 0.15) is 37.8 Å². The van der Waals surface area contributed by atoms with Gasteiger partial charge in [0.2, 0.25) is 0 Å². The summed E-state index contributed by atoms with van der Waals surface area (Å²) >= 11 is 0. The largest absolute Gasteiger partial charge is 0.479 e. The Labute approximate surface area is 124 Å². The highest BCUT2D eigenvalue weighted by Crippen LogP contribution is 2.29. The van der Waals surface area contributed by atoms with Crippen LogP contribution in [0, 0.1) is 11.8 Å². The molecule has 1 aromatic carbocycles. The summed E-state index contributed by atoms with van der Waals surface area (Å²) in [5, 5.41) is 14.6. The molecule has 0 bridgehead atoms. The van der Waals surface area contributed by atoms with Gasteiger partial charge in [-0.2, -0.15) is 0 Å². The van der Waals surface area contributed by atoms with Gasteiger partial charge < -0.3 is 15.7 Å². The van der Waals surface area contributed by atoms with Crippen molar-refractivity contribution in [3.05, 3.63) is 35.9 Å². The fourth-order valence-corrected chi connectivity index (χ4v) is 2.86. The van der Waals surface area contributed by atoms with E-state index in [0.717, 1.165) is 18.8 Å². The summed E-state index contributed by atoms with van der Waals surface area (Å²) in [6.07, 6.45) is 3.46. The molecule has 0 aliphatic heterocycles. The molecule has 5 heteroatoms. The van der Waals surface area contributed by atoms with Gasteiger partial charge in [-0.25, -0.2) is 9.59 Å². The molecule has 3 atom stereocenters. The molecule has 0 saturated heterocycles. The molecule has 0 aromatic heterocycles. The third-order valence-electron chi connectivity index (χ3n) is 4.01. The molecule has 3 N–H and O–H groups in total. The molecule has 0 heterocycles. The molecular formula is C16H22N2O3. The maximum atomic E-state index is 11.9. The lowest BCUT2D eigenvalue weighted by Gasteiger charge is -2.17. The van der Waals surface area contributed by atoms with Crippen molar-refractivity contribution in [2.75, 3.05) is 6.54 Å². The van der Waals surface area contributed by atoms with Gasteiger partial charge in [0.05, 0.1) is 0 Å². The van der Waals surface area contributed by atoms with Crippen molar-refractivity contribution in [3.63, 3.8) is 0 Å². The Bertz CT molecular complexity index is 490. The van der Waals surface area contributed by atoms with Crippen LogP contribution < -0.4 is 10.6 Å². The summed E-state index contributed by atoms with van der Waals surface area (Å²) in [6.45, 7) is 2.83. The van der Waals surface area contributed by atoms with Crippen molar-refractivity contribution >= 4 is 12.0 Å². The van der Waals surface area contributed by atoms with Crippen LogP contribution in [0.25, 0.3) is 0 Å². The summed E-state index contributed by atoms with van der Waals surface area (Å²) < 4.78 is 0. The second kappa shape index (κ2) is 7.11. The van der Waals surface area contributed by atoms with Gasteiger partial charge in [0.25, 0.3) is 0 Å². The van der Waals surface area contributed by atoms with Crippen LogP contribution in [0.4, 0.5) is 4.79 Å². The highest BCUT2D eigenvalue weighted by molar-refractivity contribution is 5.83. The van der Waals surface area contributed by atoms with Crippen LogP contribution in [0.3, 0.4) is 0 Å². The quantitative estimate of drug-likeness (QED) is 0.779. The Morgan fingerprint density at radius 3 is 2.57 bits per heavy atom. The number of nitrogens with one attached hydrogen (secondary N) is 2. The SMILES string of the molecule is CC1CCC(CNC(=O)NC(C(=O)O)c2ccccc2)C1.